The van der Waals surface area contributed by atoms with Crippen LogP contribution in [-0.2, 0) is 16.1 Å². The topological polar surface area (TPSA) is 109 Å². The van der Waals surface area contributed by atoms with Crippen LogP contribution in [0.25, 0.3) is 5.76 Å². The molecule has 0 bridgehead atoms. The third-order valence-electron chi connectivity index (χ3n) is 5.93. The van der Waals surface area contributed by atoms with Crippen molar-refractivity contribution in [3.05, 3.63) is 89.3 Å². The summed E-state index contributed by atoms with van der Waals surface area (Å²) in [6.07, 6.45) is 3.24. The maximum Gasteiger partial charge on any atom is 0.295 e. The molecule has 2 heterocycles. The van der Waals surface area contributed by atoms with Gasteiger partial charge in [0.2, 0.25) is 0 Å². The molecule has 0 saturated carbocycles. The SMILES string of the molecule is CCOc1cc(C2/C(=C(\O)c3ccc(OCC(C)C)cc3)C(=O)C(=O)N2Cc2cccnc2)ccc1O. The second kappa shape index (κ2) is 11.2. The van der Waals surface area contributed by atoms with E-state index < -0.39 is 17.7 Å². The number of aliphatic hydroxyl groups excluding tert-OH is 1. The number of ketones is 1. The number of hydrogen-bond donors (Lipinski definition) is 2. The largest absolute Gasteiger partial charge is 0.507 e. The lowest BCUT2D eigenvalue weighted by atomic mass is 9.94. The van der Waals surface area contributed by atoms with E-state index in [1.165, 1.54) is 11.0 Å². The number of aromatic nitrogens is 1. The number of phenols is 1. The summed E-state index contributed by atoms with van der Waals surface area (Å²) in [7, 11) is 0. The Bertz CT molecular complexity index is 1300. The van der Waals surface area contributed by atoms with Crippen LogP contribution >= 0.6 is 0 Å². The van der Waals surface area contributed by atoms with E-state index in [1.807, 2.05) is 19.9 Å². The van der Waals surface area contributed by atoms with Gasteiger partial charge in [0.25, 0.3) is 11.7 Å². The van der Waals surface area contributed by atoms with Gasteiger partial charge >= 0.3 is 0 Å². The van der Waals surface area contributed by atoms with Crippen LogP contribution in [0.1, 0.15) is 43.5 Å². The first-order valence-corrected chi connectivity index (χ1v) is 12.2. The first kappa shape index (κ1) is 25.8. The lowest BCUT2D eigenvalue weighted by Crippen LogP contribution is -2.29. The summed E-state index contributed by atoms with van der Waals surface area (Å²) in [5.41, 5.74) is 1.58. The summed E-state index contributed by atoms with van der Waals surface area (Å²) in [5.74, 6) is -0.672. The van der Waals surface area contributed by atoms with Crippen molar-refractivity contribution in [1.82, 2.24) is 9.88 Å². The van der Waals surface area contributed by atoms with Gasteiger partial charge in [-0.15, -0.1) is 0 Å². The van der Waals surface area contributed by atoms with E-state index in [1.54, 1.807) is 61.8 Å². The summed E-state index contributed by atoms with van der Waals surface area (Å²) in [5, 5.41) is 21.5. The molecule has 192 valence electrons. The Labute approximate surface area is 215 Å². The smallest absolute Gasteiger partial charge is 0.295 e. The van der Waals surface area contributed by atoms with E-state index in [0.717, 1.165) is 5.56 Å². The average molecular weight is 503 g/mol. The molecule has 1 atom stereocenters. The molecule has 0 aliphatic carbocycles. The quantitative estimate of drug-likeness (QED) is 0.245. The lowest BCUT2D eigenvalue weighted by molar-refractivity contribution is -0.140. The Morgan fingerprint density at radius 1 is 1.08 bits per heavy atom. The van der Waals surface area contributed by atoms with Crippen LogP contribution in [0.15, 0.2) is 72.6 Å². The molecule has 0 radical (unpaired) electrons. The molecule has 1 aliphatic rings. The molecular weight excluding hydrogens is 472 g/mol. The van der Waals surface area contributed by atoms with Crippen LogP contribution in [0.3, 0.4) is 0 Å². The van der Waals surface area contributed by atoms with Crippen LogP contribution < -0.4 is 9.47 Å². The number of nitrogens with zero attached hydrogens (tertiary/aromatic N) is 2. The van der Waals surface area contributed by atoms with Gasteiger partial charge in [-0.2, -0.15) is 0 Å². The monoisotopic (exact) mass is 502 g/mol. The van der Waals surface area contributed by atoms with Gasteiger partial charge < -0.3 is 24.6 Å². The van der Waals surface area contributed by atoms with Gasteiger partial charge in [-0.3, -0.25) is 14.6 Å². The van der Waals surface area contributed by atoms with Gasteiger partial charge in [0.15, 0.2) is 11.5 Å². The van der Waals surface area contributed by atoms with Crippen molar-refractivity contribution < 1.29 is 29.3 Å². The number of amides is 1. The Morgan fingerprint density at radius 2 is 1.84 bits per heavy atom. The Balaban J connectivity index is 1.79. The molecule has 1 amide bonds. The minimum atomic E-state index is -0.906. The standard InChI is InChI=1S/C29H30N2O6/c1-4-36-24-14-21(9-12-23(24)32)26-25(27(33)20-7-10-22(11-8-20)37-17-18(2)3)28(34)29(35)31(26)16-19-6-5-13-30-15-19/h5-15,18,26,32-33H,4,16-17H2,1-3H3/b27-25+. The van der Waals surface area contributed by atoms with Gasteiger partial charge in [-0.1, -0.05) is 26.0 Å². The second-order valence-corrected chi connectivity index (χ2v) is 9.18. The molecule has 1 saturated heterocycles. The molecule has 37 heavy (non-hydrogen) atoms. The number of carbonyl (C=O) groups excluding carboxylic acids is 2. The Morgan fingerprint density at radius 3 is 2.49 bits per heavy atom. The molecular formula is C29H30N2O6. The van der Waals surface area contributed by atoms with Gasteiger partial charge in [-0.05, 0) is 66.4 Å². The average Bonchev–Trinajstić information content (AvgIpc) is 3.14. The Kier molecular flexibility index (Phi) is 7.77. The fourth-order valence-electron chi connectivity index (χ4n) is 4.18. The number of rotatable bonds is 9. The third-order valence-corrected chi connectivity index (χ3v) is 5.93. The third kappa shape index (κ3) is 5.58. The molecule has 0 spiro atoms. The summed E-state index contributed by atoms with van der Waals surface area (Å²) in [6.45, 7) is 6.85. The zero-order chi connectivity index (χ0) is 26.5. The predicted molar refractivity (Wildman–Crippen MR) is 138 cm³/mol. The number of aromatic hydroxyl groups is 1. The number of aliphatic hydroxyl groups is 1. The molecule has 4 rings (SSSR count). The van der Waals surface area contributed by atoms with E-state index in [-0.39, 0.29) is 29.4 Å². The molecule has 1 fully saturated rings. The van der Waals surface area contributed by atoms with Gasteiger partial charge in [0, 0.05) is 24.5 Å². The van der Waals surface area contributed by atoms with E-state index in [9.17, 15) is 19.8 Å². The normalized spacial score (nSPS) is 16.9. The van der Waals surface area contributed by atoms with Crippen molar-refractivity contribution >= 4 is 17.4 Å². The lowest BCUT2D eigenvalue weighted by Gasteiger charge is -2.26. The molecule has 1 aromatic heterocycles. The zero-order valence-electron chi connectivity index (χ0n) is 21.0. The molecule has 1 unspecified atom stereocenters. The summed E-state index contributed by atoms with van der Waals surface area (Å²) < 4.78 is 11.3. The second-order valence-electron chi connectivity index (χ2n) is 9.18. The molecule has 8 nitrogen and oxygen atoms in total. The number of likely N-dealkylation sites (tertiary alicyclic amines) is 1. The van der Waals surface area contributed by atoms with Crippen LogP contribution in [-0.4, -0.2) is 45.0 Å². The van der Waals surface area contributed by atoms with Crippen molar-refractivity contribution in [3.63, 3.8) is 0 Å². The highest BCUT2D eigenvalue weighted by Crippen LogP contribution is 2.42. The van der Waals surface area contributed by atoms with Crippen LogP contribution in [0.2, 0.25) is 0 Å². The van der Waals surface area contributed by atoms with Gasteiger partial charge in [-0.25, -0.2) is 0 Å². The maximum absolute atomic E-state index is 13.3. The molecule has 8 heteroatoms. The summed E-state index contributed by atoms with van der Waals surface area (Å²) in [4.78, 5) is 32.0. The number of hydrogen-bond acceptors (Lipinski definition) is 7. The number of carbonyl (C=O) groups is 2. The van der Waals surface area contributed by atoms with Crippen molar-refractivity contribution in [2.75, 3.05) is 13.2 Å². The molecule has 1 aliphatic heterocycles. The number of phenolic OH excluding ortho intramolecular Hbond substituents is 1. The first-order valence-electron chi connectivity index (χ1n) is 12.2. The number of benzene rings is 2. The van der Waals surface area contributed by atoms with E-state index in [4.69, 9.17) is 9.47 Å². The highest BCUT2D eigenvalue weighted by atomic mass is 16.5. The minimum absolute atomic E-state index is 0.0436. The Hall–Kier alpha value is -4.33. The minimum Gasteiger partial charge on any atom is -0.507 e. The fourth-order valence-corrected chi connectivity index (χ4v) is 4.18. The van der Waals surface area contributed by atoms with Gasteiger partial charge in [0.1, 0.15) is 11.5 Å². The predicted octanol–water partition coefficient (Wildman–Crippen LogP) is 4.84. The number of ether oxygens (including phenoxy) is 2. The number of Topliss-reactive ketones (excluding diaryl/α,β-unsaturated/α-hetero) is 1. The van der Waals surface area contributed by atoms with E-state index >= 15 is 0 Å². The van der Waals surface area contributed by atoms with Crippen molar-refractivity contribution in [3.8, 4) is 17.2 Å². The van der Waals surface area contributed by atoms with Crippen molar-refractivity contribution in [2.24, 2.45) is 5.92 Å². The van der Waals surface area contributed by atoms with E-state index in [2.05, 4.69) is 4.98 Å². The highest BCUT2D eigenvalue weighted by Gasteiger charge is 2.46. The van der Waals surface area contributed by atoms with E-state index in [0.29, 0.717) is 36.0 Å². The van der Waals surface area contributed by atoms with Gasteiger partial charge in [0.05, 0.1) is 24.8 Å². The van der Waals surface area contributed by atoms with Crippen LogP contribution in [0, 0.1) is 5.92 Å². The highest BCUT2D eigenvalue weighted by molar-refractivity contribution is 6.46. The number of pyridine rings is 1. The van der Waals surface area contributed by atoms with Crippen LogP contribution in [0.4, 0.5) is 0 Å². The van der Waals surface area contributed by atoms with Crippen molar-refractivity contribution in [1.29, 1.82) is 0 Å². The fraction of sp³-hybridized carbons (Fsp3) is 0.276. The summed E-state index contributed by atoms with van der Waals surface area (Å²) >= 11 is 0. The zero-order valence-corrected chi connectivity index (χ0v) is 21.0. The molecule has 2 aromatic carbocycles. The van der Waals surface area contributed by atoms with Crippen molar-refractivity contribution in [2.45, 2.75) is 33.4 Å². The molecule has 3 aromatic rings. The van der Waals surface area contributed by atoms with Crippen LogP contribution in [0.5, 0.6) is 17.2 Å². The summed E-state index contributed by atoms with van der Waals surface area (Å²) in [6, 6.07) is 14.0. The maximum atomic E-state index is 13.3. The first-order chi connectivity index (χ1) is 17.8. The molecule has 2 N–H and O–H groups in total.